The van der Waals surface area contributed by atoms with Gasteiger partial charge in [0.1, 0.15) is 12.2 Å². The normalized spacial score (nSPS) is 52.5. The van der Waals surface area contributed by atoms with Crippen LogP contribution in [0.3, 0.4) is 0 Å². The van der Waals surface area contributed by atoms with E-state index in [4.69, 9.17) is 0 Å². The van der Waals surface area contributed by atoms with Gasteiger partial charge in [-0.3, -0.25) is 9.59 Å². The van der Waals surface area contributed by atoms with Crippen LogP contribution in [0.4, 0.5) is 0 Å². The van der Waals surface area contributed by atoms with Gasteiger partial charge in [-0.1, -0.05) is 48.4 Å². The topological polar surface area (TPSA) is 94.8 Å². The van der Waals surface area contributed by atoms with Gasteiger partial charge in [0.25, 0.3) is 0 Å². The molecule has 0 aromatic heterocycles. The van der Waals surface area contributed by atoms with E-state index in [2.05, 4.69) is 22.9 Å². The molecule has 3 fully saturated rings. The second-order valence-electron chi connectivity index (χ2n) is 9.75. The highest BCUT2D eigenvalue weighted by atomic mass is 79.9. The summed E-state index contributed by atoms with van der Waals surface area (Å²) >= 11 is 3.96. The zero-order valence-electron chi connectivity index (χ0n) is 16.6. The number of carbonyl (C=O) groups excluding carboxylic acids is 2. The largest absolute Gasteiger partial charge is 0.392 e. The maximum atomic E-state index is 12.6. The zero-order valence-corrected chi connectivity index (χ0v) is 18.2. The number of hydrogen-bond acceptors (Lipinski definition) is 5. The molecule has 0 bridgehead atoms. The van der Waals surface area contributed by atoms with Crippen molar-refractivity contribution in [3.05, 3.63) is 23.8 Å². The van der Waals surface area contributed by atoms with Gasteiger partial charge in [0, 0.05) is 10.8 Å². The van der Waals surface area contributed by atoms with Crippen LogP contribution in [0.2, 0.25) is 0 Å². The number of allylic oxidation sites excluding steroid dienone is 4. The van der Waals surface area contributed by atoms with Crippen LogP contribution in [0.5, 0.6) is 0 Å². The molecule has 0 saturated heterocycles. The number of halogens is 1. The Kier molecular flexibility index (Phi) is 4.45. The van der Waals surface area contributed by atoms with Crippen LogP contribution in [0, 0.1) is 28.6 Å². The van der Waals surface area contributed by atoms with Gasteiger partial charge >= 0.3 is 0 Å². The Morgan fingerprint density at radius 1 is 1.32 bits per heavy atom. The first-order chi connectivity index (χ1) is 13.0. The average Bonchev–Trinajstić information content (AvgIpc) is 2.84. The van der Waals surface area contributed by atoms with Gasteiger partial charge in [0.2, 0.25) is 0 Å². The molecule has 3 N–H and O–H groups in total. The number of hydrogen-bond donors (Lipinski definition) is 3. The number of ketones is 2. The van der Waals surface area contributed by atoms with E-state index in [9.17, 15) is 24.9 Å². The van der Waals surface area contributed by atoms with Crippen LogP contribution in [-0.4, -0.2) is 49.5 Å². The Bertz CT molecular complexity index is 805. The molecule has 4 rings (SSSR count). The van der Waals surface area contributed by atoms with E-state index in [-0.39, 0.29) is 30.0 Å². The van der Waals surface area contributed by atoms with E-state index in [0.29, 0.717) is 6.42 Å². The van der Waals surface area contributed by atoms with Crippen LogP contribution < -0.4 is 0 Å². The van der Waals surface area contributed by atoms with Crippen molar-refractivity contribution in [3.63, 3.8) is 0 Å². The van der Waals surface area contributed by atoms with Crippen LogP contribution >= 0.6 is 15.9 Å². The minimum absolute atomic E-state index is 0.0189. The Labute approximate surface area is 174 Å². The first kappa shape index (κ1) is 20.5. The maximum Gasteiger partial charge on any atom is 0.190 e. The lowest BCUT2D eigenvalue weighted by molar-refractivity contribution is -0.178. The molecule has 4 aliphatic carbocycles. The van der Waals surface area contributed by atoms with Gasteiger partial charge in [0.05, 0.1) is 10.4 Å². The van der Waals surface area contributed by atoms with Crippen molar-refractivity contribution in [1.29, 1.82) is 0 Å². The third kappa shape index (κ3) is 2.13. The van der Waals surface area contributed by atoms with Crippen LogP contribution in [0.25, 0.3) is 0 Å². The smallest absolute Gasteiger partial charge is 0.190 e. The second-order valence-corrected chi connectivity index (χ2v) is 11.1. The molecule has 5 nitrogen and oxygen atoms in total. The minimum atomic E-state index is -1.64. The summed E-state index contributed by atoms with van der Waals surface area (Å²) in [5, 5.41) is 32.5. The molecule has 3 saturated carbocycles. The van der Waals surface area contributed by atoms with Crippen LogP contribution in [0.15, 0.2) is 23.8 Å². The lowest BCUT2D eigenvalue weighted by atomic mass is 9.46. The zero-order chi connectivity index (χ0) is 20.7. The van der Waals surface area contributed by atoms with Crippen molar-refractivity contribution in [3.8, 4) is 0 Å². The van der Waals surface area contributed by atoms with E-state index in [1.54, 1.807) is 12.2 Å². The van der Waals surface area contributed by atoms with Crippen molar-refractivity contribution >= 4 is 27.5 Å². The SMILES string of the molecule is C[C@@H]1C[C@H]2[C@@H]3CCC4=CC(=O)C=C[C@@]4(C)[C@]3(Br)[C@@H](O)C[C@@]2(C)[C@]1(O)C(=O)CO. The van der Waals surface area contributed by atoms with Gasteiger partial charge in [0.15, 0.2) is 11.6 Å². The maximum absolute atomic E-state index is 12.6. The molecule has 0 aromatic carbocycles. The molecule has 0 unspecified atom stereocenters. The number of Topliss-reactive ketones (excluding diaryl/α,β-unsaturated/α-hetero) is 1. The number of carbonyl (C=O) groups is 2. The fourth-order valence-corrected chi connectivity index (χ4v) is 8.36. The summed E-state index contributed by atoms with van der Waals surface area (Å²) in [6.45, 7) is 5.14. The standard InChI is InChI=1S/C22H29BrO5/c1-12-8-16-15-5-4-13-9-14(25)6-7-19(13,2)21(15,23)17(26)10-20(16,3)22(12,28)18(27)11-24/h6-7,9,12,15-17,24,26,28H,4-5,8,10-11H2,1-3H3/t12-,15+,16+,17+,19-,20-,21-,22-/m1/s1. The molecule has 6 heteroatoms. The van der Waals surface area contributed by atoms with Crippen molar-refractivity contribution in [2.45, 2.75) is 62.5 Å². The molecule has 4 aliphatic rings. The van der Waals surface area contributed by atoms with Crippen molar-refractivity contribution < 1.29 is 24.9 Å². The highest BCUT2D eigenvalue weighted by Gasteiger charge is 2.74. The Hall–Kier alpha value is -0.820. The fraction of sp³-hybridized carbons (Fsp3) is 0.727. The molecular weight excluding hydrogens is 424 g/mol. The van der Waals surface area contributed by atoms with Gasteiger partial charge in [-0.25, -0.2) is 0 Å². The van der Waals surface area contributed by atoms with Crippen molar-refractivity contribution in [2.24, 2.45) is 28.6 Å². The number of fused-ring (bicyclic) bond motifs is 5. The summed E-state index contributed by atoms with van der Waals surface area (Å²) in [4.78, 5) is 24.6. The van der Waals surface area contributed by atoms with E-state index in [0.717, 1.165) is 18.4 Å². The number of alkyl halides is 1. The highest BCUT2D eigenvalue weighted by molar-refractivity contribution is 9.10. The average molecular weight is 453 g/mol. The molecular formula is C22H29BrO5. The fourth-order valence-electron chi connectivity index (χ4n) is 7.26. The van der Waals surface area contributed by atoms with Crippen LogP contribution in [-0.2, 0) is 9.59 Å². The monoisotopic (exact) mass is 452 g/mol. The summed E-state index contributed by atoms with van der Waals surface area (Å²) in [6.07, 6.45) is 6.85. The van der Waals surface area contributed by atoms with E-state index in [1.807, 2.05) is 19.9 Å². The molecule has 0 heterocycles. The second kappa shape index (κ2) is 6.10. The lowest BCUT2D eigenvalue weighted by Gasteiger charge is -2.64. The molecule has 0 amide bonds. The van der Waals surface area contributed by atoms with Crippen molar-refractivity contribution in [2.75, 3.05) is 6.61 Å². The van der Waals surface area contributed by atoms with Gasteiger partial charge in [-0.15, -0.1) is 0 Å². The predicted molar refractivity (Wildman–Crippen MR) is 108 cm³/mol. The van der Waals surface area contributed by atoms with Gasteiger partial charge in [-0.05, 0) is 55.6 Å². The Morgan fingerprint density at radius 2 is 2.00 bits per heavy atom. The summed E-state index contributed by atoms with van der Waals surface area (Å²) in [5.74, 6) is -0.809. The molecule has 0 spiro atoms. The minimum Gasteiger partial charge on any atom is -0.392 e. The molecule has 28 heavy (non-hydrogen) atoms. The first-order valence-corrected chi connectivity index (χ1v) is 10.9. The van der Waals surface area contributed by atoms with Crippen LogP contribution in [0.1, 0.15) is 46.5 Å². The molecule has 0 aromatic rings. The summed E-state index contributed by atoms with van der Waals surface area (Å²) in [6, 6.07) is 0. The highest BCUT2D eigenvalue weighted by Crippen LogP contribution is 2.71. The summed E-state index contributed by atoms with van der Waals surface area (Å²) in [5.41, 5.74) is -1.92. The summed E-state index contributed by atoms with van der Waals surface area (Å²) < 4.78 is -0.668. The molecule has 8 atom stereocenters. The first-order valence-electron chi connectivity index (χ1n) is 10.1. The third-order valence-corrected chi connectivity index (χ3v) is 10.7. The Morgan fingerprint density at radius 3 is 2.64 bits per heavy atom. The van der Waals surface area contributed by atoms with E-state index < -0.39 is 39.2 Å². The molecule has 154 valence electrons. The predicted octanol–water partition coefficient (Wildman–Crippen LogP) is 2.32. The van der Waals surface area contributed by atoms with Gasteiger partial charge < -0.3 is 15.3 Å². The third-order valence-electron chi connectivity index (χ3n) is 8.79. The van der Waals surface area contributed by atoms with Crippen molar-refractivity contribution in [1.82, 2.24) is 0 Å². The number of aliphatic hydroxyl groups excluding tert-OH is 2. The number of rotatable bonds is 2. The quantitative estimate of drug-likeness (QED) is 0.558. The number of aliphatic hydroxyl groups is 3. The molecule has 0 aliphatic heterocycles. The molecule has 0 radical (unpaired) electrons. The van der Waals surface area contributed by atoms with E-state index >= 15 is 0 Å². The van der Waals surface area contributed by atoms with Gasteiger partial charge in [-0.2, -0.15) is 0 Å². The summed E-state index contributed by atoms with van der Waals surface area (Å²) in [7, 11) is 0. The lowest BCUT2D eigenvalue weighted by Crippen LogP contribution is -2.68. The Balaban J connectivity index is 1.84. The van der Waals surface area contributed by atoms with E-state index in [1.165, 1.54) is 0 Å².